The quantitative estimate of drug-likeness (QED) is 0.119. The number of aromatic amines is 1. The molecular formula is C32H30Cl2N4O2. The van der Waals surface area contributed by atoms with Gasteiger partial charge in [-0.25, -0.2) is 0 Å². The zero-order valence-electron chi connectivity index (χ0n) is 22.3. The first-order chi connectivity index (χ1) is 19.3. The van der Waals surface area contributed by atoms with Crippen LogP contribution < -0.4 is 11.1 Å². The van der Waals surface area contributed by atoms with Gasteiger partial charge in [0.25, 0.3) is 11.8 Å². The zero-order valence-corrected chi connectivity index (χ0v) is 23.8. The predicted octanol–water partition coefficient (Wildman–Crippen LogP) is 7.18. The summed E-state index contributed by atoms with van der Waals surface area (Å²) in [7, 11) is 0. The number of carbonyl (C=O) groups excluding carboxylic acids is 2. The van der Waals surface area contributed by atoms with E-state index < -0.39 is 5.50 Å². The van der Waals surface area contributed by atoms with Gasteiger partial charge in [0, 0.05) is 23.5 Å². The second-order valence-electron chi connectivity index (χ2n) is 9.81. The van der Waals surface area contributed by atoms with Crippen LogP contribution in [0.3, 0.4) is 0 Å². The van der Waals surface area contributed by atoms with Gasteiger partial charge in [-0.2, -0.15) is 0 Å². The zero-order chi connectivity index (χ0) is 28.4. The van der Waals surface area contributed by atoms with Gasteiger partial charge in [0.2, 0.25) is 0 Å². The maximum absolute atomic E-state index is 13.4. The lowest BCUT2D eigenvalue weighted by molar-refractivity contribution is -0.110. The molecule has 0 saturated heterocycles. The average Bonchev–Trinajstić information content (AvgIpc) is 3.42. The van der Waals surface area contributed by atoms with Crippen molar-refractivity contribution >= 4 is 52.4 Å². The summed E-state index contributed by atoms with van der Waals surface area (Å²) in [4.78, 5) is 31.4. The van der Waals surface area contributed by atoms with Gasteiger partial charge in [-0.1, -0.05) is 79.2 Å². The molecule has 1 aromatic heterocycles. The van der Waals surface area contributed by atoms with E-state index in [0.29, 0.717) is 28.9 Å². The standard InChI is InChI=1S/C32H30Cl2N4O2/c1-3-15-38(18-27(33)35)32(40)28-19(2)26(36-30(28)34)17-24-29-23(13-8-14-25(29)37-31(24)39)22-12-7-11-21(16-22)20-9-5-4-6-10-20/h4-14,16-17,27,36H,3,15,18,35H2,1-2H3,(H,37,39)/b24-17-/t27-/m1/s1. The Morgan fingerprint density at radius 2 is 1.73 bits per heavy atom. The number of nitrogens with zero attached hydrogens (tertiary/aromatic N) is 1. The number of hydrogen-bond acceptors (Lipinski definition) is 3. The van der Waals surface area contributed by atoms with Crippen molar-refractivity contribution in [1.29, 1.82) is 0 Å². The summed E-state index contributed by atoms with van der Waals surface area (Å²) in [6.45, 7) is 4.49. The number of rotatable bonds is 8. The van der Waals surface area contributed by atoms with Gasteiger partial charge < -0.3 is 20.9 Å². The van der Waals surface area contributed by atoms with Crippen LogP contribution in [0.15, 0.2) is 72.8 Å². The molecule has 0 unspecified atom stereocenters. The van der Waals surface area contributed by atoms with Gasteiger partial charge in [0.15, 0.2) is 0 Å². The van der Waals surface area contributed by atoms with Crippen molar-refractivity contribution in [2.24, 2.45) is 5.73 Å². The number of benzene rings is 3. The Balaban J connectivity index is 1.57. The van der Waals surface area contributed by atoms with Crippen molar-refractivity contribution in [2.75, 3.05) is 18.4 Å². The SMILES string of the molecule is CCCN(C[C@@H](N)Cl)C(=O)c1c(Cl)[nH]c(/C=C2\C(=O)Nc3cccc(-c4cccc(-c5ccccc5)c4)c32)c1C. The summed E-state index contributed by atoms with van der Waals surface area (Å²) < 4.78 is 0. The van der Waals surface area contributed by atoms with E-state index in [2.05, 4.69) is 34.6 Å². The topological polar surface area (TPSA) is 91.2 Å². The van der Waals surface area contributed by atoms with E-state index >= 15 is 0 Å². The van der Waals surface area contributed by atoms with Crippen LogP contribution in [0.5, 0.6) is 0 Å². The summed E-state index contributed by atoms with van der Waals surface area (Å²) in [6, 6.07) is 24.3. The number of halogens is 2. The number of H-pyrrole nitrogens is 1. The number of amides is 2. The molecule has 5 rings (SSSR count). The molecule has 4 N–H and O–H groups in total. The number of aromatic nitrogens is 1. The van der Waals surface area contributed by atoms with Crippen LogP contribution in [-0.2, 0) is 4.79 Å². The van der Waals surface area contributed by atoms with Crippen LogP contribution in [0.1, 0.15) is 40.5 Å². The molecule has 0 radical (unpaired) electrons. The minimum atomic E-state index is -0.687. The lowest BCUT2D eigenvalue weighted by Crippen LogP contribution is -2.39. The van der Waals surface area contributed by atoms with Crippen molar-refractivity contribution in [3.8, 4) is 22.3 Å². The lowest BCUT2D eigenvalue weighted by Gasteiger charge is -2.23. The molecule has 1 aliphatic heterocycles. The first-order valence-corrected chi connectivity index (χ1v) is 14.0. The molecule has 0 fully saturated rings. The minimum Gasteiger partial charge on any atom is -0.345 e. The van der Waals surface area contributed by atoms with E-state index in [9.17, 15) is 9.59 Å². The molecule has 8 heteroatoms. The molecule has 204 valence electrons. The van der Waals surface area contributed by atoms with Gasteiger partial charge in [-0.15, -0.1) is 11.6 Å². The molecule has 2 amide bonds. The Morgan fingerprint density at radius 3 is 2.45 bits per heavy atom. The highest BCUT2D eigenvalue weighted by atomic mass is 35.5. The molecule has 2 heterocycles. The van der Waals surface area contributed by atoms with Gasteiger partial charge in [-0.05, 0) is 59.4 Å². The first kappa shape index (κ1) is 27.7. The average molecular weight is 574 g/mol. The molecule has 0 aliphatic carbocycles. The monoisotopic (exact) mass is 572 g/mol. The van der Waals surface area contributed by atoms with Crippen LogP contribution in [0.25, 0.3) is 33.9 Å². The molecule has 1 aliphatic rings. The maximum Gasteiger partial charge on any atom is 0.257 e. The smallest absolute Gasteiger partial charge is 0.257 e. The number of carbonyl (C=O) groups is 2. The van der Waals surface area contributed by atoms with E-state index in [1.54, 1.807) is 11.0 Å². The van der Waals surface area contributed by atoms with E-state index in [0.717, 1.165) is 39.9 Å². The Labute approximate surface area is 243 Å². The van der Waals surface area contributed by atoms with Crippen LogP contribution in [0.2, 0.25) is 5.15 Å². The molecular weight excluding hydrogens is 543 g/mol. The van der Waals surface area contributed by atoms with Gasteiger partial charge in [0.1, 0.15) is 5.15 Å². The third-order valence-electron chi connectivity index (χ3n) is 7.03. The Kier molecular flexibility index (Phi) is 8.12. The third-order valence-corrected chi connectivity index (χ3v) is 7.45. The van der Waals surface area contributed by atoms with Crippen LogP contribution in [0.4, 0.5) is 5.69 Å². The largest absolute Gasteiger partial charge is 0.345 e. The molecule has 0 bridgehead atoms. The Hall–Kier alpha value is -3.84. The van der Waals surface area contributed by atoms with E-state index in [1.807, 2.05) is 62.4 Å². The van der Waals surface area contributed by atoms with E-state index in [1.165, 1.54) is 0 Å². The van der Waals surface area contributed by atoms with Gasteiger partial charge in [0.05, 0.1) is 23.2 Å². The molecule has 40 heavy (non-hydrogen) atoms. The summed E-state index contributed by atoms with van der Waals surface area (Å²) in [5.41, 5.74) is 12.8. The summed E-state index contributed by atoms with van der Waals surface area (Å²) in [6.07, 6.45) is 2.51. The maximum atomic E-state index is 13.4. The molecule has 0 spiro atoms. The number of nitrogens with two attached hydrogens (primary N) is 1. The van der Waals surface area contributed by atoms with Gasteiger partial charge >= 0.3 is 0 Å². The predicted molar refractivity (Wildman–Crippen MR) is 164 cm³/mol. The fourth-order valence-corrected chi connectivity index (χ4v) is 5.65. The summed E-state index contributed by atoms with van der Waals surface area (Å²) in [5.74, 6) is -0.476. The van der Waals surface area contributed by atoms with Crippen LogP contribution >= 0.6 is 23.2 Å². The van der Waals surface area contributed by atoms with Crippen molar-refractivity contribution in [3.05, 3.63) is 100 Å². The number of anilines is 1. The molecule has 6 nitrogen and oxygen atoms in total. The van der Waals surface area contributed by atoms with E-state index in [4.69, 9.17) is 28.9 Å². The second-order valence-corrected chi connectivity index (χ2v) is 10.7. The number of alkyl halides is 1. The van der Waals surface area contributed by atoms with Crippen molar-refractivity contribution in [2.45, 2.75) is 25.8 Å². The highest BCUT2D eigenvalue weighted by molar-refractivity contribution is 6.37. The highest BCUT2D eigenvalue weighted by Gasteiger charge is 2.29. The minimum absolute atomic E-state index is 0.201. The third kappa shape index (κ3) is 5.43. The normalized spacial score (nSPS) is 14.2. The molecule has 3 aromatic carbocycles. The Morgan fingerprint density at radius 1 is 1.02 bits per heavy atom. The van der Waals surface area contributed by atoms with Gasteiger partial charge in [-0.3, -0.25) is 9.59 Å². The van der Waals surface area contributed by atoms with Crippen molar-refractivity contribution < 1.29 is 9.59 Å². The highest BCUT2D eigenvalue weighted by Crippen LogP contribution is 2.41. The number of nitrogens with one attached hydrogen (secondary N) is 2. The second kappa shape index (κ2) is 11.7. The molecule has 1 atom stereocenters. The molecule has 0 saturated carbocycles. The van der Waals surface area contributed by atoms with Crippen molar-refractivity contribution in [1.82, 2.24) is 9.88 Å². The van der Waals surface area contributed by atoms with Crippen LogP contribution in [0, 0.1) is 6.92 Å². The first-order valence-electron chi connectivity index (χ1n) is 13.2. The number of hydrogen-bond donors (Lipinski definition) is 3. The van der Waals surface area contributed by atoms with Crippen molar-refractivity contribution in [3.63, 3.8) is 0 Å². The fraction of sp³-hybridized carbons (Fsp3) is 0.188. The fourth-order valence-electron chi connectivity index (χ4n) is 5.16. The molecule has 4 aromatic rings. The summed E-state index contributed by atoms with van der Waals surface area (Å²) in [5, 5.41) is 3.20. The number of fused-ring (bicyclic) bond motifs is 1. The summed E-state index contributed by atoms with van der Waals surface area (Å²) >= 11 is 12.6. The Bertz CT molecular complexity index is 1610. The lowest BCUT2D eigenvalue weighted by atomic mass is 9.92. The van der Waals surface area contributed by atoms with Crippen LogP contribution in [-0.4, -0.2) is 40.3 Å². The van der Waals surface area contributed by atoms with E-state index in [-0.39, 0.29) is 23.5 Å².